The summed E-state index contributed by atoms with van der Waals surface area (Å²) in [5.74, 6) is 0.475. The minimum Gasteiger partial charge on any atom is -0.493 e. The number of para-hydroxylation sites is 1. The Bertz CT molecular complexity index is 941. The molecule has 0 fully saturated rings. The average molecular weight is 374 g/mol. The van der Waals surface area contributed by atoms with Crippen molar-refractivity contribution in [2.45, 2.75) is 13.5 Å². The summed E-state index contributed by atoms with van der Waals surface area (Å²) in [5, 5.41) is 6.60. The number of ether oxygens (including phenoxy) is 2. The molecular formula is C23H22N2O3. The minimum atomic E-state index is -0.391. The van der Waals surface area contributed by atoms with E-state index in [0.29, 0.717) is 18.0 Å². The number of methoxy groups -OCH3 is 1. The molecule has 0 aliphatic heterocycles. The first kappa shape index (κ1) is 19.2. The summed E-state index contributed by atoms with van der Waals surface area (Å²) in [5.41, 5.74) is 2.99. The first-order chi connectivity index (χ1) is 13.7. The van der Waals surface area contributed by atoms with Gasteiger partial charge in [0.15, 0.2) is 11.5 Å². The van der Waals surface area contributed by atoms with E-state index >= 15 is 0 Å². The van der Waals surface area contributed by atoms with Gasteiger partial charge >= 0.3 is 5.97 Å². The highest BCUT2D eigenvalue weighted by Gasteiger charge is 2.09. The molecule has 0 atom stereocenters. The van der Waals surface area contributed by atoms with Crippen molar-refractivity contribution in [3.8, 4) is 11.5 Å². The van der Waals surface area contributed by atoms with Crippen LogP contribution in [0.2, 0.25) is 0 Å². The molecule has 3 aromatic carbocycles. The fraction of sp³-hybridized carbons (Fsp3) is 0.130. The highest BCUT2D eigenvalue weighted by Crippen LogP contribution is 2.28. The number of nitrogens with zero attached hydrogens (tertiary/aromatic N) is 2. The van der Waals surface area contributed by atoms with Gasteiger partial charge in [0.25, 0.3) is 0 Å². The molecule has 0 aliphatic rings. The van der Waals surface area contributed by atoms with E-state index in [1.54, 1.807) is 18.3 Å². The predicted molar refractivity (Wildman–Crippen MR) is 111 cm³/mol. The van der Waals surface area contributed by atoms with E-state index in [1.165, 1.54) is 14.0 Å². The topological polar surface area (TPSA) is 51.1 Å². The molecular weight excluding hydrogens is 352 g/mol. The van der Waals surface area contributed by atoms with E-state index in [9.17, 15) is 4.79 Å². The maximum Gasteiger partial charge on any atom is 0.308 e. The summed E-state index contributed by atoms with van der Waals surface area (Å²) in [4.78, 5) is 11.2. The van der Waals surface area contributed by atoms with Gasteiger partial charge in [0.1, 0.15) is 0 Å². The van der Waals surface area contributed by atoms with Gasteiger partial charge in [0.05, 0.1) is 25.6 Å². The summed E-state index contributed by atoms with van der Waals surface area (Å²) < 4.78 is 10.5. The third kappa shape index (κ3) is 5.20. The molecule has 0 amide bonds. The highest BCUT2D eigenvalue weighted by atomic mass is 16.6. The summed E-state index contributed by atoms with van der Waals surface area (Å²) in [6, 6.07) is 25.5. The zero-order chi connectivity index (χ0) is 19.8. The fourth-order valence-electron chi connectivity index (χ4n) is 2.70. The molecule has 142 valence electrons. The lowest BCUT2D eigenvalue weighted by Crippen LogP contribution is -2.16. The van der Waals surface area contributed by atoms with E-state index in [4.69, 9.17) is 9.47 Å². The van der Waals surface area contributed by atoms with Gasteiger partial charge in [-0.1, -0.05) is 48.5 Å². The Kier molecular flexibility index (Phi) is 6.41. The Morgan fingerprint density at radius 3 is 2.29 bits per heavy atom. The smallest absolute Gasteiger partial charge is 0.308 e. The number of carbonyl (C=O) groups excluding carboxylic acids is 1. The molecule has 5 heteroatoms. The van der Waals surface area contributed by atoms with E-state index < -0.39 is 5.97 Å². The standard InChI is InChI=1S/C23H22N2O3/c1-18(26)28-22-14-13-20(15-23(22)27-2)16-24-25(21-11-7-4-8-12-21)17-19-9-5-3-6-10-19/h3-16H,17H2,1-2H3/b24-16-. The van der Waals surface area contributed by atoms with Gasteiger partial charge in [-0.25, -0.2) is 0 Å². The second-order valence-corrected chi connectivity index (χ2v) is 6.13. The van der Waals surface area contributed by atoms with Crippen LogP contribution >= 0.6 is 0 Å². The van der Waals surface area contributed by atoms with Crippen LogP contribution in [-0.4, -0.2) is 19.3 Å². The zero-order valence-electron chi connectivity index (χ0n) is 15.9. The van der Waals surface area contributed by atoms with Crippen LogP contribution in [0, 0.1) is 0 Å². The molecule has 0 aliphatic carbocycles. The van der Waals surface area contributed by atoms with Gasteiger partial charge in [-0.2, -0.15) is 5.10 Å². The Morgan fingerprint density at radius 1 is 0.964 bits per heavy atom. The number of esters is 1. The SMILES string of the molecule is COc1cc(/C=N\N(Cc2ccccc2)c2ccccc2)ccc1OC(C)=O. The third-order valence-electron chi connectivity index (χ3n) is 4.02. The molecule has 0 aromatic heterocycles. The van der Waals surface area contributed by atoms with E-state index in [1.807, 2.05) is 59.6 Å². The second kappa shape index (κ2) is 9.37. The predicted octanol–water partition coefficient (Wildman–Crippen LogP) is 4.66. The molecule has 0 radical (unpaired) electrons. The van der Waals surface area contributed by atoms with Crippen LogP contribution in [0.1, 0.15) is 18.1 Å². The van der Waals surface area contributed by atoms with Gasteiger partial charge in [0, 0.05) is 6.92 Å². The number of benzene rings is 3. The van der Waals surface area contributed by atoms with Crippen LogP contribution in [0.4, 0.5) is 5.69 Å². The quantitative estimate of drug-likeness (QED) is 0.261. The maximum absolute atomic E-state index is 11.2. The molecule has 0 spiro atoms. The summed E-state index contributed by atoms with van der Waals surface area (Å²) in [7, 11) is 1.54. The number of rotatable bonds is 7. The number of anilines is 1. The molecule has 0 unspecified atom stereocenters. The lowest BCUT2D eigenvalue weighted by Gasteiger charge is -2.19. The van der Waals surface area contributed by atoms with Crippen LogP contribution < -0.4 is 14.5 Å². The normalized spacial score (nSPS) is 10.6. The van der Waals surface area contributed by atoms with Crippen LogP contribution in [-0.2, 0) is 11.3 Å². The summed E-state index contributed by atoms with van der Waals surface area (Å²) in [6.07, 6.45) is 1.76. The molecule has 5 nitrogen and oxygen atoms in total. The molecule has 0 saturated heterocycles. The van der Waals surface area contributed by atoms with Crippen LogP contribution in [0.3, 0.4) is 0 Å². The molecule has 3 aromatic rings. The minimum absolute atomic E-state index is 0.386. The fourth-order valence-corrected chi connectivity index (χ4v) is 2.70. The van der Waals surface area contributed by atoms with E-state index in [-0.39, 0.29) is 0 Å². The van der Waals surface area contributed by atoms with Gasteiger partial charge in [-0.15, -0.1) is 0 Å². The van der Waals surface area contributed by atoms with Gasteiger partial charge in [-0.3, -0.25) is 9.80 Å². The first-order valence-corrected chi connectivity index (χ1v) is 8.92. The van der Waals surface area contributed by atoms with Crippen molar-refractivity contribution < 1.29 is 14.3 Å². The van der Waals surface area contributed by atoms with Gasteiger partial charge < -0.3 is 9.47 Å². The Morgan fingerprint density at radius 2 is 1.64 bits per heavy atom. The first-order valence-electron chi connectivity index (χ1n) is 8.92. The summed E-state index contributed by atoms with van der Waals surface area (Å²) >= 11 is 0. The van der Waals surface area contributed by atoms with Crippen molar-refractivity contribution in [2.75, 3.05) is 12.1 Å². The van der Waals surface area contributed by atoms with Crippen LogP contribution in [0.15, 0.2) is 84.0 Å². The summed E-state index contributed by atoms with van der Waals surface area (Å²) in [6.45, 7) is 2.00. The van der Waals surface area contributed by atoms with E-state index in [0.717, 1.165) is 16.8 Å². The average Bonchev–Trinajstić information content (AvgIpc) is 2.73. The maximum atomic E-state index is 11.2. The van der Waals surface area contributed by atoms with Crippen molar-refractivity contribution in [3.05, 3.63) is 90.0 Å². The van der Waals surface area contributed by atoms with Crippen molar-refractivity contribution in [1.82, 2.24) is 0 Å². The molecule has 0 bridgehead atoms. The Hall–Kier alpha value is -3.60. The van der Waals surface area contributed by atoms with Crippen molar-refractivity contribution in [3.63, 3.8) is 0 Å². The van der Waals surface area contributed by atoms with Crippen LogP contribution in [0.5, 0.6) is 11.5 Å². The largest absolute Gasteiger partial charge is 0.493 e. The molecule has 0 N–H and O–H groups in total. The number of hydrogen-bond acceptors (Lipinski definition) is 5. The number of hydrogen-bond donors (Lipinski definition) is 0. The van der Waals surface area contributed by atoms with Gasteiger partial charge in [0.2, 0.25) is 0 Å². The Labute approximate surface area is 164 Å². The van der Waals surface area contributed by atoms with Gasteiger partial charge in [-0.05, 0) is 41.5 Å². The molecule has 0 heterocycles. The lowest BCUT2D eigenvalue weighted by atomic mass is 10.2. The molecule has 3 rings (SSSR count). The monoisotopic (exact) mass is 374 g/mol. The van der Waals surface area contributed by atoms with Crippen molar-refractivity contribution in [1.29, 1.82) is 0 Å². The number of carbonyl (C=O) groups is 1. The van der Waals surface area contributed by atoms with Crippen molar-refractivity contribution >= 4 is 17.9 Å². The number of hydrazone groups is 1. The molecule has 28 heavy (non-hydrogen) atoms. The molecule has 0 saturated carbocycles. The third-order valence-corrected chi connectivity index (χ3v) is 4.02. The van der Waals surface area contributed by atoms with Crippen molar-refractivity contribution in [2.24, 2.45) is 5.10 Å². The van der Waals surface area contributed by atoms with Crippen LogP contribution in [0.25, 0.3) is 0 Å². The Balaban J connectivity index is 1.85. The zero-order valence-corrected chi connectivity index (χ0v) is 15.9. The lowest BCUT2D eigenvalue weighted by molar-refractivity contribution is -0.132. The second-order valence-electron chi connectivity index (χ2n) is 6.13. The van der Waals surface area contributed by atoms with E-state index in [2.05, 4.69) is 17.2 Å². The highest BCUT2D eigenvalue weighted by molar-refractivity contribution is 5.82.